The summed E-state index contributed by atoms with van der Waals surface area (Å²) in [7, 11) is 0. The van der Waals surface area contributed by atoms with Crippen LogP contribution in [0.3, 0.4) is 0 Å². The molecule has 0 saturated heterocycles. The Kier molecular flexibility index (Phi) is 6.74. The van der Waals surface area contributed by atoms with Crippen LogP contribution in [0.1, 0.15) is 20.7 Å². The van der Waals surface area contributed by atoms with Crippen molar-refractivity contribution in [2.24, 2.45) is 0 Å². The van der Waals surface area contributed by atoms with Crippen LogP contribution in [0.15, 0.2) is 36.4 Å². The molecule has 146 valence electrons. The number of nitrogens with two attached hydrogens (primary N) is 1. The first-order valence-corrected chi connectivity index (χ1v) is 8.20. The van der Waals surface area contributed by atoms with Gasteiger partial charge in [-0.05, 0) is 24.3 Å². The largest absolute Gasteiger partial charge is 0.452 e. The molecule has 0 bridgehead atoms. The van der Waals surface area contributed by atoms with Crippen LogP contribution in [-0.4, -0.2) is 29.3 Å². The highest BCUT2D eigenvalue weighted by Gasteiger charge is 2.17. The molecular weight excluding hydrogens is 415 g/mol. The van der Waals surface area contributed by atoms with Crippen molar-refractivity contribution in [3.8, 4) is 0 Å². The van der Waals surface area contributed by atoms with Gasteiger partial charge in [-0.1, -0.05) is 23.2 Å². The van der Waals surface area contributed by atoms with E-state index in [0.29, 0.717) is 0 Å². The summed E-state index contributed by atoms with van der Waals surface area (Å²) in [4.78, 5) is 45.5. The minimum atomic E-state index is -0.932. The topological polar surface area (TPSA) is 154 Å². The van der Waals surface area contributed by atoms with Crippen molar-refractivity contribution in [3.05, 3.63) is 67.7 Å². The fraction of sp³-hybridized carbons (Fsp3) is 0.0625. The number of nitrogens with one attached hydrogen (secondary N) is 2. The van der Waals surface area contributed by atoms with E-state index in [1.807, 2.05) is 5.43 Å². The summed E-state index contributed by atoms with van der Waals surface area (Å²) in [6.07, 6.45) is 0. The molecule has 0 saturated carbocycles. The van der Waals surface area contributed by atoms with Gasteiger partial charge < -0.3 is 10.5 Å². The first-order chi connectivity index (χ1) is 13.2. The van der Waals surface area contributed by atoms with Crippen molar-refractivity contribution < 1.29 is 24.0 Å². The van der Waals surface area contributed by atoms with E-state index in [-0.39, 0.29) is 32.5 Å². The van der Waals surface area contributed by atoms with Crippen LogP contribution in [0, 0.1) is 10.1 Å². The molecule has 0 aromatic heterocycles. The highest BCUT2D eigenvalue weighted by Crippen LogP contribution is 2.27. The minimum Gasteiger partial charge on any atom is -0.452 e. The minimum absolute atomic E-state index is 0.0528. The fourth-order valence-corrected chi connectivity index (χ4v) is 2.43. The number of esters is 1. The molecule has 0 aliphatic carbocycles. The van der Waals surface area contributed by atoms with Crippen molar-refractivity contribution in [3.63, 3.8) is 0 Å². The van der Waals surface area contributed by atoms with E-state index < -0.39 is 29.3 Å². The molecule has 10 nitrogen and oxygen atoms in total. The quantitative estimate of drug-likeness (QED) is 0.286. The van der Waals surface area contributed by atoms with Crippen LogP contribution in [0.4, 0.5) is 11.4 Å². The number of anilines is 1. The van der Waals surface area contributed by atoms with Gasteiger partial charge in [0.1, 0.15) is 0 Å². The lowest BCUT2D eigenvalue weighted by molar-refractivity contribution is -0.384. The van der Waals surface area contributed by atoms with E-state index in [2.05, 4.69) is 5.43 Å². The van der Waals surface area contributed by atoms with Gasteiger partial charge in [0.05, 0.1) is 21.2 Å². The number of amides is 2. The molecule has 0 heterocycles. The van der Waals surface area contributed by atoms with Crippen LogP contribution < -0.4 is 16.6 Å². The van der Waals surface area contributed by atoms with Crippen LogP contribution in [-0.2, 0) is 9.53 Å². The summed E-state index contributed by atoms with van der Waals surface area (Å²) in [6, 6.07) is 7.28. The average Bonchev–Trinajstić information content (AvgIpc) is 2.66. The lowest BCUT2D eigenvalue weighted by Crippen LogP contribution is -2.43. The average molecular weight is 427 g/mol. The maximum atomic E-state index is 12.0. The number of halogens is 2. The van der Waals surface area contributed by atoms with Crippen molar-refractivity contribution in [1.82, 2.24) is 10.9 Å². The second-order valence-corrected chi connectivity index (χ2v) is 6.07. The van der Waals surface area contributed by atoms with Gasteiger partial charge in [-0.15, -0.1) is 0 Å². The van der Waals surface area contributed by atoms with Crippen LogP contribution >= 0.6 is 23.2 Å². The maximum absolute atomic E-state index is 12.0. The van der Waals surface area contributed by atoms with Gasteiger partial charge in [0.2, 0.25) is 0 Å². The number of ether oxygens (including phenoxy) is 1. The van der Waals surface area contributed by atoms with Gasteiger partial charge in [0.15, 0.2) is 6.61 Å². The smallest absolute Gasteiger partial charge is 0.340 e. The van der Waals surface area contributed by atoms with E-state index in [0.717, 1.165) is 12.1 Å². The van der Waals surface area contributed by atoms with Crippen molar-refractivity contribution in [2.45, 2.75) is 0 Å². The third-order valence-electron chi connectivity index (χ3n) is 3.30. The van der Waals surface area contributed by atoms with Gasteiger partial charge in [0.25, 0.3) is 17.5 Å². The number of carbonyl (C=O) groups is 3. The Morgan fingerprint density at radius 1 is 1.11 bits per heavy atom. The summed E-state index contributed by atoms with van der Waals surface area (Å²) in [5.41, 5.74) is 9.49. The molecule has 12 heteroatoms. The Hall–Kier alpha value is -3.37. The summed E-state index contributed by atoms with van der Waals surface area (Å²) < 4.78 is 4.79. The zero-order chi connectivity index (χ0) is 20.8. The Balaban J connectivity index is 1.86. The predicted octanol–water partition coefficient (Wildman–Crippen LogP) is 2.10. The fourth-order valence-electron chi connectivity index (χ4n) is 1.93. The number of hydrogen-bond donors (Lipinski definition) is 3. The Morgan fingerprint density at radius 2 is 1.75 bits per heavy atom. The van der Waals surface area contributed by atoms with E-state index in [4.69, 9.17) is 33.7 Å². The number of nitrogens with zero attached hydrogens (tertiary/aromatic N) is 1. The number of nitro groups is 1. The Bertz CT molecular complexity index is 949. The third kappa shape index (κ3) is 5.32. The first-order valence-electron chi connectivity index (χ1n) is 7.44. The van der Waals surface area contributed by atoms with Crippen molar-refractivity contribution in [1.29, 1.82) is 0 Å². The molecule has 2 aromatic carbocycles. The summed E-state index contributed by atoms with van der Waals surface area (Å²) in [5, 5.41) is 10.8. The van der Waals surface area contributed by atoms with Crippen LogP contribution in [0.5, 0.6) is 0 Å². The van der Waals surface area contributed by atoms with Crippen molar-refractivity contribution in [2.75, 3.05) is 12.3 Å². The van der Waals surface area contributed by atoms with Crippen molar-refractivity contribution >= 4 is 52.4 Å². The highest BCUT2D eigenvalue weighted by molar-refractivity contribution is 6.37. The standard InChI is InChI=1S/C16H12Cl2N4O6/c17-9-5-11(14(19)12(18)6-9)16(25)28-7-13(23)20-21-15(24)8-1-3-10(4-2-8)22(26)27/h1-6H,7,19H2,(H,20,23)(H,21,24). The number of benzene rings is 2. The molecule has 0 spiro atoms. The Labute approximate surface area is 167 Å². The van der Waals surface area contributed by atoms with Gasteiger partial charge in [-0.2, -0.15) is 0 Å². The molecule has 2 rings (SSSR count). The number of hydrazine groups is 1. The summed E-state index contributed by atoms with van der Waals surface area (Å²) >= 11 is 11.6. The zero-order valence-electron chi connectivity index (χ0n) is 13.9. The SMILES string of the molecule is Nc1c(Cl)cc(Cl)cc1C(=O)OCC(=O)NNC(=O)c1ccc([N+](=O)[O-])cc1. The molecular formula is C16H12Cl2N4O6. The zero-order valence-corrected chi connectivity index (χ0v) is 15.4. The van der Waals surface area contributed by atoms with E-state index >= 15 is 0 Å². The van der Waals surface area contributed by atoms with E-state index in [1.54, 1.807) is 0 Å². The first kappa shape index (κ1) is 20.9. The predicted molar refractivity (Wildman–Crippen MR) is 99.9 cm³/mol. The normalized spacial score (nSPS) is 10.1. The molecule has 0 fully saturated rings. The molecule has 2 amide bonds. The lowest BCUT2D eigenvalue weighted by Gasteiger charge is -2.10. The Morgan fingerprint density at radius 3 is 2.36 bits per heavy atom. The number of nitrogen functional groups attached to an aromatic ring is 1. The third-order valence-corrected chi connectivity index (χ3v) is 3.84. The molecule has 0 atom stereocenters. The van der Waals surface area contributed by atoms with Gasteiger partial charge in [-0.3, -0.25) is 30.6 Å². The summed E-state index contributed by atoms with van der Waals surface area (Å²) in [5.74, 6) is -2.49. The van der Waals surface area contributed by atoms with Crippen LogP contribution in [0.2, 0.25) is 10.0 Å². The van der Waals surface area contributed by atoms with Gasteiger partial charge in [-0.25, -0.2) is 4.79 Å². The maximum Gasteiger partial charge on any atom is 0.340 e. The second kappa shape index (κ2) is 9.02. The highest BCUT2D eigenvalue weighted by atomic mass is 35.5. The second-order valence-electron chi connectivity index (χ2n) is 5.23. The molecule has 28 heavy (non-hydrogen) atoms. The number of non-ortho nitro benzene ring substituents is 1. The monoisotopic (exact) mass is 426 g/mol. The van der Waals surface area contributed by atoms with E-state index in [9.17, 15) is 24.5 Å². The number of nitro benzene ring substituents is 1. The number of rotatable bonds is 5. The molecule has 0 unspecified atom stereocenters. The molecule has 0 aliphatic heterocycles. The van der Waals surface area contributed by atoms with Gasteiger partial charge in [0, 0.05) is 22.7 Å². The molecule has 0 radical (unpaired) electrons. The molecule has 4 N–H and O–H groups in total. The summed E-state index contributed by atoms with van der Waals surface area (Å²) in [6.45, 7) is -0.719. The van der Waals surface area contributed by atoms with Gasteiger partial charge >= 0.3 is 5.97 Å². The van der Waals surface area contributed by atoms with Crippen LogP contribution in [0.25, 0.3) is 0 Å². The lowest BCUT2D eigenvalue weighted by atomic mass is 10.2. The van der Waals surface area contributed by atoms with E-state index in [1.165, 1.54) is 24.3 Å². The number of carbonyl (C=O) groups excluding carboxylic acids is 3. The number of hydrogen-bond acceptors (Lipinski definition) is 7. The molecule has 0 aliphatic rings. The molecule has 2 aromatic rings.